The minimum atomic E-state index is 0.135. The van der Waals surface area contributed by atoms with Crippen molar-refractivity contribution in [3.63, 3.8) is 0 Å². The summed E-state index contributed by atoms with van der Waals surface area (Å²) in [5.74, 6) is 1.65. The Bertz CT molecular complexity index is 1020. The lowest BCUT2D eigenvalue weighted by Gasteiger charge is -2.51. The Balaban J connectivity index is 1.68. The second-order valence-electron chi connectivity index (χ2n) is 8.08. The highest BCUT2D eigenvalue weighted by atomic mass is 16.5. The summed E-state index contributed by atoms with van der Waals surface area (Å²) in [7, 11) is 3.44. The van der Waals surface area contributed by atoms with Gasteiger partial charge in [0.05, 0.1) is 14.2 Å². The maximum Gasteiger partial charge on any atom is 0.161 e. The number of ether oxygens (including phenoxy) is 2. The van der Waals surface area contributed by atoms with Gasteiger partial charge in [-0.25, -0.2) is 0 Å². The second-order valence-corrected chi connectivity index (χ2v) is 8.08. The summed E-state index contributed by atoms with van der Waals surface area (Å²) >= 11 is 0. The van der Waals surface area contributed by atoms with Crippen LogP contribution in [0.3, 0.4) is 0 Å². The Kier molecular flexibility index (Phi) is 4.28. The van der Waals surface area contributed by atoms with E-state index in [1.807, 2.05) is 0 Å². The largest absolute Gasteiger partial charge is 0.493 e. The number of rotatable bonds is 4. The molecule has 3 aromatic carbocycles. The average Bonchev–Trinajstić information content (AvgIpc) is 2.72. The molecule has 1 heterocycles. The van der Waals surface area contributed by atoms with Crippen molar-refractivity contribution in [2.24, 2.45) is 0 Å². The number of hydrogen-bond donors (Lipinski definition) is 1. The highest BCUT2D eigenvalue weighted by Gasteiger charge is 2.48. The molecule has 3 nitrogen and oxygen atoms in total. The molecule has 1 aliphatic carbocycles. The molecular weight excluding hydrogens is 346 g/mol. The molecule has 0 aromatic heterocycles. The van der Waals surface area contributed by atoms with Gasteiger partial charge in [0.1, 0.15) is 0 Å². The van der Waals surface area contributed by atoms with Crippen LogP contribution in [0, 0.1) is 0 Å². The van der Waals surface area contributed by atoms with Gasteiger partial charge in [-0.1, -0.05) is 48.9 Å². The van der Waals surface area contributed by atoms with Crippen LogP contribution in [0.5, 0.6) is 11.5 Å². The molecule has 5 rings (SSSR count). The monoisotopic (exact) mass is 373 g/mol. The van der Waals surface area contributed by atoms with E-state index in [0.717, 1.165) is 24.5 Å². The lowest BCUT2D eigenvalue weighted by molar-refractivity contribution is 0.166. The highest BCUT2D eigenvalue weighted by molar-refractivity contribution is 5.87. The van der Waals surface area contributed by atoms with Crippen LogP contribution in [0.4, 0.5) is 0 Å². The zero-order chi connectivity index (χ0) is 19.1. The van der Waals surface area contributed by atoms with Gasteiger partial charge < -0.3 is 14.8 Å². The van der Waals surface area contributed by atoms with Crippen LogP contribution in [0.25, 0.3) is 10.8 Å². The first kappa shape index (κ1) is 17.6. The van der Waals surface area contributed by atoms with Gasteiger partial charge in [0, 0.05) is 11.5 Å². The normalized spacial score (nSPS) is 20.3. The molecule has 1 aliphatic heterocycles. The van der Waals surface area contributed by atoms with Crippen LogP contribution >= 0.6 is 0 Å². The van der Waals surface area contributed by atoms with E-state index < -0.39 is 0 Å². The van der Waals surface area contributed by atoms with Gasteiger partial charge in [-0.2, -0.15) is 0 Å². The summed E-state index contributed by atoms with van der Waals surface area (Å²) in [6.07, 6.45) is 4.74. The van der Waals surface area contributed by atoms with E-state index in [1.54, 1.807) is 14.2 Å². The van der Waals surface area contributed by atoms with Crippen molar-refractivity contribution in [1.82, 2.24) is 5.32 Å². The van der Waals surface area contributed by atoms with Crippen LogP contribution in [0.1, 0.15) is 42.0 Å². The van der Waals surface area contributed by atoms with Crippen LogP contribution in [0.15, 0.2) is 54.6 Å². The fourth-order valence-electron chi connectivity index (χ4n) is 5.31. The Morgan fingerprint density at radius 1 is 0.929 bits per heavy atom. The maximum absolute atomic E-state index is 5.64. The SMILES string of the molecule is COc1cc2c(cc1OC)C(C1(c3cccc4ccccc34)CCC1)NCC2. The number of methoxy groups -OCH3 is 2. The van der Waals surface area contributed by atoms with Crippen LogP contribution in [-0.2, 0) is 11.8 Å². The molecule has 0 saturated heterocycles. The number of fused-ring (bicyclic) bond motifs is 2. The van der Waals surface area contributed by atoms with E-state index in [0.29, 0.717) is 6.04 Å². The minimum absolute atomic E-state index is 0.135. The molecule has 1 N–H and O–H groups in total. The van der Waals surface area contributed by atoms with E-state index in [4.69, 9.17) is 9.47 Å². The van der Waals surface area contributed by atoms with E-state index >= 15 is 0 Å². The Morgan fingerprint density at radius 3 is 2.43 bits per heavy atom. The predicted octanol–water partition coefficient (Wildman–Crippen LogP) is 5.17. The van der Waals surface area contributed by atoms with Crippen molar-refractivity contribution >= 4 is 10.8 Å². The molecule has 1 unspecified atom stereocenters. The zero-order valence-corrected chi connectivity index (χ0v) is 16.6. The van der Waals surface area contributed by atoms with E-state index in [1.165, 1.54) is 46.7 Å². The number of nitrogens with one attached hydrogen (secondary N) is 1. The van der Waals surface area contributed by atoms with Gasteiger partial charge in [-0.3, -0.25) is 0 Å². The van der Waals surface area contributed by atoms with E-state index in [9.17, 15) is 0 Å². The second kappa shape index (κ2) is 6.82. The minimum Gasteiger partial charge on any atom is -0.493 e. The Labute approximate surface area is 166 Å². The van der Waals surface area contributed by atoms with Gasteiger partial charge in [0.2, 0.25) is 0 Å². The lowest BCUT2D eigenvalue weighted by Crippen LogP contribution is -2.49. The summed E-state index contributed by atoms with van der Waals surface area (Å²) in [6.45, 7) is 1.000. The van der Waals surface area contributed by atoms with Crippen molar-refractivity contribution in [3.05, 3.63) is 71.3 Å². The first-order valence-electron chi connectivity index (χ1n) is 10.2. The van der Waals surface area contributed by atoms with Crippen LogP contribution < -0.4 is 14.8 Å². The van der Waals surface area contributed by atoms with Gasteiger partial charge in [-0.15, -0.1) is 0 Å². The molecule has 1 atom stereocenters. The standard InChI is InChI=1S/C25H27NO2/c1-27-22-15-18-11-14-26-24(20(18)16-23(22)28-2)25(12-6-13-25)21-10-5-8-17-7-3-4-9-19(17)21/h3-5,7-10,15-16,24,26H,6,11-14H2,1-2H3. The number of benzene rings is 3. The molecule has 1 saturated carbocycles. The van der Waals surface area contributed by atoms with Gasteiger partial charge in [-0.05, 0) is 65.4 Å². The molecule has 1 fully saturated rings. The van der Waals surface area contributed by atoms with Gasteiger partial charge in [0.15, 0.2) is 11.5 Å². The predicted molar refractivity (Wildman–Crippen MR) is 113 cm³/mol. The quantitative estimate of drug-likeness (QED) is 0.685. The first-order chi connectivity index (χ1) is 13.8. The third-order valence-corrected chi connectivity index (χ3v) is 6.82. The van der Waals surface area contributed by atoms with Crippen molar-refractivity contribution in [1.29, 1.82) is 0 Å². The van der Waals surface area contributed by atoms with Crippen molar-refractivity contribution in [3.8, 4) is 11.5 Å². The highest BCUT2D eigenvalue weighted by Crippen LogP contribution is 2.55. The number of hydrogen-bond acceptors (Lipinski definition) is 3. The van der Waals surface area contributed by atoms with Gasteiger partial charge >= 0.3 is 0 Å². The van der Waals surface area contributed by atoms with Crippen molar-refractivity contribution in [2.45, 2.75) is 37.1 Å². The molecule has 3 heteroatoms. The Morgan fingerprint density at radius 2 is 1.68 bits per heavy atom. The first-order valence-corrected chi connectivity index (χ1v) is 10.2. The maximum atomic E-state index is 5.64. The molecule has 0 bridgehead atoms. The molecular formula is C25H27NO2. The van der Waals surface area contributed by atoms with Crippen LogP contribution in [-0.4, -0.2) is 20.8 Å². The molecule has 144 valence electrons. The van der Waals surface area contributed by atoms with Gasteiger partial charge in [0.25, 0.3) is 0 Å². The fraction of sp³-hybridized carbons (Fsp3) is 0.360. The smallest absolute Gasteiger partial charge is 0.161 e. The summed E-state index contributed by atoms with van der Waals surface area (Å²) in [4.78, 5) is 0. The molecule has 0 amide bonds. The fourth-order valence-corrected chi connectivity index (χ4v) is 5.31. The Hall–Kier alpha value is -2.52. The zero-order valence-electron chi connectivity index (χ0n) is 16.6. The summed E-state index contributed by atoms with van der Waals surface area (Å²) in [5.41, 5.74) is 4.37. The molecule has 2 aliphatic rings. The van der Waals surface area contributed by atoms with E-state index in [2.05, 4.69) is 59.9 Å². The summed E-state index contributed by atoms with van der Waals surface area (Å²) < 4.78 is 11.2. The third kappa shape index (κ3) is 2.53. The third-order valence-electron chi connectivity index (χ3n) is 6.82. The topological polar surface area (TPSA) is 30.5 Å². The van der Waals surface area contributed by atoms with Crippen molar-refractivity contribution in [2.75, 3.05) is 20.8 Å². The molecule has 0 radical (unpaired) electrons. The van der Waals surface area contributed by atoms with Crippen molar-refractivity contribution < 1.29 is 9.47 Å². The van der Waals surface area contributed by atoms with Crippen LogP contribution in [0.2, 0.25) is 0 Å². The lowest BCUT2D eigenvalue weighted by atomic mass is 9.57. The average molecular weight is 373 g/mol. The molecule has 28 heavy (non-hydrogen) atoms. The molecule has 0 spiro atoms. The van der Waals surface area contributed by atoms with E-state index in [-0.39, 0.29) is 5.41 Å². The molecule has 3 aromatic rings. The summed E-state index contributed by atoms with van der Waals surface area (Å²) in [5, 5.41) is 6.59. The summed E-state index contributed by atoms with van der Waals surface area (Å²) in [6, 6.07) is 20.3.